The van der Waals surface area contributed by atoms with Crippen molar-refractivity contribution >= 4 is 50.9 Å². The molecule has 1 aliphatic rings. The Kier molecular flexibility index (Phi) is 7.11. The van der Waals surface area contributed by atoms with Crippen LogP contribution in [0.15, 0.2) is 57.9 Å². The van der Waals surface area contributed by atoms with E-state index in [-0.39, 0.29) is 16.1 Å². The van der Waals surface area contributed by atoms with Crippen LogP contribution in [0.3, 0.4) is 0 Å². The smallest absolute Gasteiger partial charge is 0.341 e. The van der Waals surface area contributed by atoms with Crippen LogP contribution in [0.1, 0.15) is 17.5 Å². The molecule has 29 heavy (non-hydrogen) atoms. The lowest BCUT2D eigenvalue weighted by Crippen LogP contribution is -2.29. The normalized spacial score (nSPS) is 15.2. The molecule has 3 rings (SSSR count). The second kappa shape index (κ2) is 9.76. The average Bonchev–Trinajstić information content (AvgIpc) is 2.95. The van der Waals surface area contributed by atoms with Gasteiger partial charge in [-0.25, -0.2) is 4.79 Å². The van der Waals surface area contributed by atoms with E-state index < -0.39 is 12.6 Å². The predicted octanol–water partition coefficient (Wildman–Crippen LogP) is 4.58. The average molecular weight is 476 g/mol. The molecular weight excluding hydrogens is 458 g/mol. The summed E-state index contributed by atoms with van der Waals surface area (Å²) in [5.41, 5.74) is 1.68. The number of thioether (sulfide) groups is 1. The zero-order valence-electron chi connectivity index (χ0n) is 15.3. The molecule has 1 aliphatic heterocycles. The van der Waals surface area contributed by atoms with Gasteiger partial charge in [-0.15, -0.1) is 0 Å². The van der Waals surface area contributed by atoms with Crippen LogP contribution < -0.4 is 4.74 Å². The number of ether oxygens (including phenoxy) is 1. The molecule has 0 saturated carbocycles. The number of rotatable bonds is 8. The summed E-state index contributed by atoms with van der Waals surface area (Å²) in [6.07, 6.45) is 3.02. The summed E-state index contributed by atoms with van der Waals surface area (Å²) >= 11 is 4.22. The lowest BCUT2D eigenvalue weighted by Gasteiger charge is -2.12. The number of benzene rings is 2. The van der Waals surface area contributed by atoms with Gasteiger partial charge in [0.15, 0.2) is 6.61 Å². The molecular formula is C21H18BrNO5S. The van der Waals surface area contributed by atoms with E-state index in [1.54, 1.807) is 24.3 Å². The second-order valence-electron chi connectivity index (χ2n) is 6.29. The van der Waals surface area contributed by atoms with Crippen LogP contribution in [0.2, 0.25) is 0 Å². The third-order valence-corrected chi connectivity index (χ3v) is 5.57. The van der Waals surface area contributed by atoms with Crippen molar-refractivity contribution in [2.45, 2.75) is 12.8 Å². The van der Waals surface area contributed by atoms with Gasteiger partial charge in [0.05, 0.1) is 4.91 Å². The number of carbonyl (C=O) groups is 3. The van der Waals surface area contributed by atoms with Gasteiger partial charge in [-0.2, -0.15) is 0 Å². The van der Waals surface area contributed by atoms with Gasteiger partial charge in [-0.3, -0.25) is 14.5 Å². The lowest BCUT2D eigenvalue weighted by atomic mass is 10.1. The van der Waals surface area contributed by atoms with Crippen molar-refractivity contribution < 1.29 is 24.2 Å². The Morgan fingerprint density at radius 3 is 2.66 bits per heavy atom. The van der Waals surface area contributed by atoms with Crippen molar-refractivity contribution in [1.82, 2.24) is 4.90 Å². The van der Waals surface area contributed by atoms with Crippen LogP contribution in [0.25, 0.3) is 6.08 Å². The third kappa shape index (κ3) is 5.71. The monoisotopic (exact) mass is 475 g/mol. The molecule has 0 aromatic heterocycles. The number of carboxylic acid groups (broad SMARTS) is 1. The maximum absolute atomic E-state index is 12.7. The SMILES string of the molecule is O=C(O)COc1ccc(Br)cc1C=C1SC(=O)N(CCCc2ccccc2)C1=O. The van der Waals surface area contributed by atoms with Crippen LogP contribution >= 0.6 is 27.7 Å². The van der Waals surface area contributed by atoms with Crippen molar-refractivity contribution in [2.75, 3.05) is 13.2 Å². The van der Waals surface area contributed by atoms with E-state index in [9.17, 15) is 14.4 Å². The summed E-state index contributed by atoms with van der Waals surface area (Å²) in [6, 6.07) is 14.9. The number of aliphatic carboxylic acids is 1. The Bertz CT molecular complexity index is 961. The highest BCUT2D eigenvalue weighted by Crippen LogP contribution is 2.35. The highest BCUT2D eigenvalue weighted by Gasteiger charge is 2.34. The van der Waals surface area contributed by atoms with Gasteiger partial charge in [0.25, 0.3) is 11.1 Å². The van der Waals surface area contributed by atoms with E-state index in [0.717, 1.165) is 28.2 Å². The van der Waals surface area contributed by atoms with Crippen molar-refractivity contribution in [3.8, 4) is 5.75 Å². The number of hydrogen-bond acceptors (Lipinski definition) is 5. The van der Waals surface area contributed by atoms with Crippen LogP contribution in [0, 0.1) is 0 Å². The minimum Gasteiger partial charge on any atom is -0.481 e. The van der Waals surface area contributed by atoms with Crippen molar-refractivity contribution in [3.63, 3.8) is 0 Å². The zero-order valence-corrected chi connectivity index (χ0v) is 17.7. The number of aryl methyl sites for hydroxylation is 1. The first-order chi connectivity index (χ1) is 13.9. The van der Waals surface area contributed by atoms with Gasteiger partial charge in [-0.1, -0.05) is 46.3 Å². The maximum Gasteiger partial charge on any atom is 0.341 e. The summed E-state index contributed by atoms with van der Waals surface area (Å²) in [5, 5.41) is 8.51. The highest BCUT2D eigenvalue weighted by molar-refractivity contribution is 9.10. The van der Waals surface area contributed by atoms with Crippen LogP contribution in [0.5, 0.6) is 5.75 Å². The molecule has 1 N–H and O–H groups in total. The highest BCUT2D eigenvalue weighted by atomic mass is 79.9. The lowest BCUT2D eigenvalue weighted by molar-refractivity contribution is -0.139. The molecule has 0 radical (unpaired) electrons. The Morgan fingerprint density at radius 1 is 1.17 bits per heavy atom. The van der Waals surface area contributed by atoms with Crippen LogP contribution in [-0.4, -0.2) is 40.3 Å². The predicted molar refractivity (Wildman–Crippen MR) is 115 cm³/mol. The van der Waals surface area contributed by atoms with Gasteiger partial charge in [0.1, 0.15) is 5.75 Å². The summed E-state index contributed by atoms with van der Waals surface area (Å²) in [7, 11) is 0. The number of carbonyl (C=O) groups excluding carboxylic acids is 2. The first kappa shape index (κ1) is 21.1. The van der Waals surface area contributed by atoms with Gasteiger partial charge < -0.3 is 9.84 Å². The summed E-state index contributed by atoms with van der Waals surface area (Å²) in [4.78, 5) is 37.3. The van der Waals surface area contributed by atoms with E-state index in [0.29, 0.717) is 24.3 Å². The molecule has 2 amide bonds. The molecule has 0 unspecified atom stereocenters. The Labute approximate surface area is 180 Å². The van der Waals surface area contributed by atoms with E-state index in [2.05, 4.69) is 15.9 Å². The summed E-state index contributed by atoms with van der Waals surface area (Å²) in [5.74, 6) is -1.12. The molecule has 1 fully saturated rings. The second-order valence-corrected chi connectivity index (χ2v) is 8.20. The minimum atomic E-state index is -1.10. The Morgan fingerprint density at radius 2 is 1.93 bits per heavy atom. The minimum absolute atomic E-state index is 0.285. The van der Waals surface area contributed by atoms with Crippen molar-refractivity contribution in [1.29, 1.82) is 0 Å². The standard InChI is InChI=1S/C21H18BrNO5S/c22-16-8-9-17(28-13-19(24)25)15(11-16)12-18-20(26)23(21(27)29-18)10-4-7-14-5-2-1-3-6-14/h1-3,5-6,8-9,11-12H,4,7,10,13H2,(H,24,25). The molecule has 2 aromatic carbocycles. The van der Waals surface area contributed by atoms with E-state index in [1.807, 2.05) is 30.3 Å². The fourth-order valence-corrected chi connectivity index (χ4v) is 4.06. The zero-order chi connectivity index (χ0) is 20.8. The van der Waals surface area contributed by atoms with Gasteiger partial charge in [0.2, 0.25) is 0 Å². The van der Waals surface area contributed by atoms with Crippen LogP contribution in [-0.2, 0) is 16.0 Å². The van der Waals surface area contributed by atoms with Gasteiger partial charge >= 0.3 is 5.97 Å². The fourth-order valence-electron chi connectivity index (χ4n) is 2.82. The Balaban J connectivity index is 1.71. The molecule has 6 nitrogen and oxygen atoms in total. The molecule has 2 aromatic rings. The molecule has 0 spiro atoms. The first-order valence-electron chi connectivity index (χ1n) is 8.87. The number of halogens is 1. The number of imide groups is 1. The molecule has 8 heteroatoms. The maximum atomic E-state index is 12.7. The van der Waals surface area contributed by atoms with E-state index in [4.69, 9.17) is 9.84 Å². The molecule has 1 saturated heterocycles. The first-order valence-corrected chi connectivity index (χ1v) is 10.5. The quantitative estimate of drug-likeness (QED) is 0.562. The molecule has 0 atom stereocenters. The Hall–Kier alpha value is -2.58. The topological polar surface area (TPSA) is 83.9 Å². The largest absolute Gasteiger partial charge is 0.481 e. The molecule has 1 heterocycles. The number of nitrogens with zero attached hydrogens (tertiary/aromatic N) is 1. The van der Waals surface area contributed by atoms with Crippen molar-refractivity contribution in [3.05, 3.63) is 69.0 Å². The van der Waals surface area contributed by atoms with Gasteiger partial charge in [0, 0.05) is 16.6 Å². The fraction of sp³-hybridized carbons (Fsp3) is 0.190. The molecule has 0 aliphatic carbocycles. The third-order valence-electron chi connectivity index (χ3n) is 4.17. The summed E-state index contributed by atoms with van der Waals surface area (Å²) < 4.78 is 6.03. The van der Waals surface area contributed by atoms with Crippen molar-refractivity contribution in [2.24, 2.45) is 0 Å². The number of amides is 2. The van der Waals surface area contributed by atoms with Gasteiger partial charge in [-0.05, 0) is 54.4 Å². The van der Waals surface area contributed by atoms with E-state index >= 15 is 0 Å². The van der Waals surface area contributed by atoms with Crippen LogP contribution in [0.4, 0.5) is 4.79 Å². The number of carboxylic acids is 1. The number of hydrogen-bond donors (Lipinski definition) is 1. The summed E-state index contributed by atoms with van der Waals surface area (Å²) in [6.45, 7) is -0.152. The molecule has 0 bridgehead atoms. The van der Waals surface area contributed by atoms with E-state index in [1.165, 1.54) is 4.90 Å². The molecule has 150 valence electrons.